The van der Waals surface area contributed by atoms with Gasteiger partial charge in [0, 0.05) is 10.2 Å². The summed E-state index contributed by atoms with van der Waals surface area (Å²) in [5, 5.41) is 13.8. The van der Waals surface area contributed by atoms with Crippen molar-refractivity contribution in [3.8, 4) is 0 Å². The molecule has 4 aliphatic carbocycles. The third-order valence-electron chi connectivity index (χ3n) is 5.59. The normalized spacial score (nSPS) is 40.3. The molecule has 1 amide bonds. The monoisotopic (exact) mass is 349 g/mol. The third-order valence-corrected chi connectivity index (χ3v) is 6.09. The Kier molecular flexibility index (Phi) is 2.99. The molecule has 0 radical (unpaired) electrons. The van der Waals surface area contributed by atoms with Crippen molar-refractivity contribution >= 4 is 27.5 Å². The number of carbonyl (C=O) groups excluding carboxylic acids is 1. The highest BCUT2D eigenvalue weighted by Crippen LogP contribution is 2.61. The molecule has 1 aromatic rings. The molecular weight excluding hydrogens is 330 g/mol. The van der Waals surface area contributed by atoms with E-state index in [0.717, 1.165) is 35.8 Å². The van der Waals surface area contributed by atoms with Crippen LogP contribution < -0.4 is 5.32 Å². The van der Waals surface area contributed by atoms with Crippen molar-refractivity contribution in [1.29, 1.82) is 0 Å². The van der Waals surface area contributed by atoms with Crippen LogP contribution in [0.4, 0.5) is 5.69 Å². The largest absolute Gasteiger partial charge is 0.390 e. The van der Waals surface area contributed by atoms with Gasteiger partial charge in [-0.1, -0.05) is 22.0 Å². The minimum Gasteiger partial charge on any atom is -0.390 e. The number of benzene rings is 1. The van der Waals surface area contributed by atoms with Crippen molar-refractivity contribution in [3.63, 3.8) is 0 Å². The topological polar surface area (TPSA) is 49.3 Å². The first kappa shape index (κ1) is 13.8. The fourth-order valence-corrected chi connectivity index (χ4v) is 5.71. The summed E-state index contributed by atoms with van der Waals surface area (Å²) in [5.74, 6) is 1.17. The molecule has 4 atom stereocenters. The quantitative estimate of drug-likeness (QED) is 0.854. The van der Waals surface area contributed by atoms with Crippen LogP contribution in [-0.2, 0) is 4.79 Å². The Morgan fingerprint density at radius 2 is 1.95 bits per heavy atom. The van der Waals surface area contributed by atoms with Crippen LogP contribution in [0.3, 0.4) is 0 Å². The van der Waals surface area contributed by atoms with E-state index in [2.05, 4.69) is 21.2 Å². The number of halogens is 1. The highest BCUT2D eigenvalue weighted by molar-refractivity contribution is 9.10. The molecule has 2 unspecified atom stereocenters. The second-order valence-corrected chi connectivity index (χ2v) is 8.35. The van der Waals surface area contributed by atoms with Gasteiger partial charge in [-0.2, -0.15) is 0 Å². The minimum atomic E-state index is -0.585. The second-order valence-electron chi connectivity index (χ2n) is 7.43. The highest BCUT2D eigenvalue weighted by atomic mass is 79.9. The Labute approximate surface area is 133 Å². The highest BCUT2D eigenvalue weighted by Gasteiger charge is 2.60. The summed E-state index contributed by atoms with van der Waals surface area (Å²) >= 11 is 3.43. The predicted molar refractivity (Wildman–Crippen MR) is 84.8 cm³/mol. The van der Waals surface area contributed by atoms with Crippen molar-refractivity contribution in [1.82, 2.24) is 0 Å². The Balaban J connectivity index is 1.59. The van der Waals surface area contributed by atoms with Crippen molar-refractivity contribution in [3.05, 3.63) is 28.7 Å². The van der Waals surface area contributed by atoms with Crippen molar-refractivity contribution < 1.29 is 9.90 Å². The predicted octanol–water partition coefficient (Wildman–Crippen LogP) is 3.72. The van der Waals surface area contributed by atoms with Crippen molar-refractivity contribution in [2.45, 2.75) is 44.1 Å². The molecule has 0 saturated heterocycles. The van der Waals surface area contributed by atoms with Gasteiger partial charge >= 0.3 is 0 Å². The Morgan fingerprint density at radius 1 is 1.24 bits per heavy atom. The van der Waals surface area contributed by atoms with E-state index in [1.807, 2.05) is 24.3 Å². The SMILES string of the molecule is O=C(Nc1cccc(Br)c1)C12C[C@@H]3C[C@@H](CC(O)(C3)C1)C2. The lowest BCUT2D eigenvalue weighted by molar-refractivity contribution is -0.174. The van der Waals surface area contributed by atoms with E-state index in [1.54, 1.807) is 0 Å². The van der Waals surface area contributed by atoms with E-state index in [0.29, 0.717) is 18.3 Å². The van der Waals surface area contributed by atoms with Gasteiger partial charge in [-0.15, -0.1) is 0 Å². The standard InChI is InChI=1S/C17H20BrNO2/c18-13-2-1-3-14(5-13)19-15(20)16-6-11-4-12(7-16)9-17(21,8-11)10-16/h1-3,5,11-12,21H,4,6-10H2,(H,19,20)/t11-,12+,16?,17?. The molecule has 112 valence electrons. The number of hydrogen-bond donors (Lipinski definition) is 2. The van der Waals surface area contributed by atoms with E-state index in [4.69, 9.17) is 0 Å². The van der Waals surface area contributed by atoms with Gasteiger partial charge < -0.3 is 10.4 Å². The molecule has 21 heavy (non-hydrogen) atoms. The molecule has 0 aromatic heterocycles. The summed E-state index contributed by atoms with van der Waals surface area (Å²) in [7, 11) is 0. The first-order chi connectivity index (χ1) is 9.96. The van der Waals surface area contributed by atoms with Gasteiger partial charge in [-0.05, 0) is 68.6 Å². The molecule has 4 fully saturated rings. The maximum Gasteiger partial charge on any atom is 0.230 e. The molecule has 2 N–H and O–H groups in total. The number of aliphatic hydroxyl groups is 1. The smallest absolute Gasteiger partial charge is 0.230 e. The molecule has 1 aromatic carbocycles. The molecule has 0 spiro atoms. The molecular formula is C17H20BrNO2. The molecule has 4 bridgehead atoms. The summed E-state index contributed by atoms with van der Waals surface area (Å²) in [4.78, 5) is 12.9. The van der Waals surface area contributed by atoms with Gasteiger partial charge in [0.25, 0.3) is 0 Å². The van der Waals surface area contributed by atoms with E-state index >= 15 is 0 Å². The van der Waals surface area contributed by atoms with Gasteiger partial charge in [0.1, 0.15) is 0 Å². The van der Waals surface area contributed by atoms with E-state index < -0.39 is 5.60 Å². The van der Waals surface area contributed by atoms with Crippen molar-refractivity contribution in [2.75, 3.05) is 5.32 Å². The molecule has 4 aliphatic rings. The van der Waals surface area contributed by atoms with Crippen LogP contribution in [0.15, 0.2) is 28.7 Å². The average molecular weight is 350 g/mol. The molecule has 4 heteroatoms. The summed E-state index contributed by atoms with van der Waals surface area (Å²) in [6.07, 6.45) is 5.54. The van der Waals surface area contributed by atoms with Crippen LogP contribution in [0.5, 0.6) is 0 Å². The average Bonchev–Trinajstić information content (AvgIpc) is 2.35. The van der Waals surface area contributed by atoms with Gasteiger partial charge in [0.2, 0.25) is 5.91 Å². The lowest BCUT2D eigenvalue weighted by atomic mass is 9.47. The summed E-state index contributed by atoms with van der Waals surface area (Å²) in [5.41, 5.74) is -0.100. The molecule has 5 rings (SSSR count). The molecule has 0 heterocycles. The lowest BCUT2D eigenvalue weighted by Crippen LogP contribution is -2.59. The minimum absolute atomic E-state index is 0.105. The second kappa shape index (κ2) is 4.56. The van der Waals surface area contributed by atoms with Crippen LogP contribution >= 0.6 is 15.9 Å². The number of carbonyl (C=O) groups is 1. The fraction of sp³-hybridized carbons (Fsp3) is 0.588. The van der Waals surface area contributed by atoms with E-state index in [9.17, 15) is 9.90 Å². The summed E-state index contributed by atoms with van der Waals surface area (Å²) < 4.78 is 0.962. The maximum absolute atomic E-state index is 12.9. The van der Waals surface area contributed by atoms with Crippen molar-refractivity contribution in [2.24, 2.45) is 17.3 Å². The number of anilines is 1. The first-order valence-corrected chi connectivity index (χ1v) is 8.55. The maximum atomic E-state index is 12.9. The fourth-order valence-electron chi connectivity index (χ4n) is 5.31. The van der Waals surface area contributed by atoms with Crippen LogP contribution in [0.25, 0.3) is 0 Å². The van der Waals surface area contributed by atoms with Crippen LogP contribution in [0, 0.1) is 17.3 Å². The van der Waals surface area contributed by atoms with E-state index in [-0.39, 0.29) is 11.3 Å². The van der Waals surface area contributed by atoms with Gasteiger partial charge in [0.15, 0.2) is 0 Å². The number of hydrogen-bond acceptors (Lipinski definition) is 2. The van der Waals surface area contributed by atoms with Gasteiger partial charge in [0.05, 0.1) is 11.0 Å². The zero-order valence-electron chi connectivity index (χ0n) is 11.9. The summed E-state index contributed by atoms with van der Waals surface area (Å²) in [6.45, 7) is 0. The third kappa shape index (κ3) is 2.33. The van der Waals surface area contributed by atoms with E-state index in [1.165, 1.54) is 6.42 Å². The summed E-state index contributed by atoms with van der Waals surface area (Å²) in [6, 6.07) is 7.71. The number of rotatable bonds is 2. The zero-order valence-corrected chi connectivity index (χ0v) is 13.5. The Bertz CT molecular complexity index is 586. The zero-order chi connectivity index (χ0) is 14.7. The van der Waals surface area contributed by atoms with Crippen LogP contribution in [0.2, 0.25) is 0 Å². The van der Waals surface area contributed by atoms with Gasteiger partial charge in [-0.25, -0.2) is 0 Å². The first-order valence-electron chi connectivity index (χ1n) is 7.76. The molecule has 0 aliphatic heterocycles. The van der Waals surface area contributed by atoms with Crippen LogP contribution in [-0.4, -0.2) is 16.6 Å². The molecule has 3 nitrogen and oxygen atoms in total. The Hall–Kier alpha value is -0.870. The molecule has 4 saturated carbocycles. The van der Waals surface area contributed by atoms with Crippen LogP contribution in [0.1, 0.15) is 38.5 Å². The number of amides is 1. The number of nitrogens with one attached hydrogen (secondary N) is 1. The lowest BCUT2D eigenvalue weighted by Gasteiger charge is -2.59. The van der Waals surface area contributed by atoms with Gasteiger partial charge in [-0.3, -0.25) is 4.79 Å². The Morgan fingerprint density at radius 3 is 2.57 bits per heavy atom.